The number of rotatable bonds is 3. The molecule has 0 saturated carbocycles. The van der Waals surface area contributed by atoms with Gasteiger partial charge in [0.05, 0.1) is 12.1 Å². The van der Waals surface area contributed by atoms with Crippen LogP contribution < -0.4 is 5.32 Å². The first-order valence-electron chi connectivity index (χ1n) is 9.68. The topological polar surface area (TPSA) is 38.3 Å². The maximum absolute atomic E-state index is 12.6. The Morgan fingerprint density at radius 1 is 0.903 bits per heavy atom. The van der Waals surface area contributed by atoms with Crippen LogP contribution in [0.2, 0.25) is 0 Å². The third-order valence-electron chi connectivity index (χ3n) is 5.11. The highest BCUT2D eigenvalue weighted by Gasteiger charge is 2.30. The summed E-state index contributed by atoms with van der Waals surface area (Å²) in [6.07, 6.45) is -4.97. The van der Waals surface area contributed by atoms with Crippen molar-refractivity contribution in [1.29, 1.82) is 0 Å². The number of carbonyl (C=O) groups is 1. The minimum atomic E-state index is -4.38. The van der Waals surface area contributed by atoms with Crippen LogP contribution in [0.3, 0.4) is 0 Å². The number of amides is 1. The fraction of sp³-hybridized carbons (Fsp3) is 0.160. The van der Waals surface area contributed by atoms with Gasteiger partial charge in [0.1, 0.15) is 6.61 Å². The number of halogens is 3. The summed E-state index contributed by atoms with van der Waals surface area (Å²) in [5.41, 5.74) is 4.25. The number of alkyl halides is 3. The third kappa shape index (κ3) is 4.56. The molecule has 3 aromatic rings. The van der Waals surface area contributed by atoms with Gasteiger partial charge in [0.15, 0.2) is 0 Å². The molecule has 1 aliphatic carbocycles. The number of hydrogen-bond donors (Lipinski definition) is 1. The SMILES string of the molecule is O=C(NCC#Cc1ccc(C(F)(F)F)cc1)OCC1c2ccccc2-c2ccccc21. The Balaban J connectivity index is 1.31. The van der Waals surface area contributed by atoms with Gasteiger partial charge >= 0.3 is 12.3 Å². The van der Waals surface area contributed by atoms with Crippen molar-refractivity contribution in [3.63, 3.8) is 0 Å². The molecular weight excluding hydrogens is 403 g/mol. The van der Waals surface area contributed by atoms with Crippen molar-refractivity contribution in [2.75, 3.05) is 13.2 Å². The van der Waals surface area contributed by atoms with Crippen LogP contribution in [0.4, 0.5) is 18.0 Å². The molecule has 0 radical (unpaired) electrons. The summed E-state index contributed by atoms with van der Waals surface area (Å²) < 4.78 is 43.1. The summed E-state index contributed by atoms with van der Waals surface area (Å²) in [6, 6.07) is 20.6. The predicted molar refractivity (Wildman–Crippen MR) is 111 cm³/mol. The van der Waals surface area contributed by atoms with E-state index in [1.165, 1.54) is 12.1 Å². The van der Waals surface area contributed by atoms with Crippen LogP contribution in [-0.4, -0.2) is 19.2 Å². The standard InChI is InChI=1S/C25H18F3NO2/c26-25(27,28)18-13-11-17(12-14-18)6-5-15-29-24(30)31-16-23-21-9-3-1-7-19(21)20-8-2-4-10-22(20)23/h1-4,7-14,23H,15-16H2,(H,29,30). The molecule has 4 rings (SSSR count). The van der Waals surface area contributed by atoms with E-state index < -0.39 is 17.8 Å². The van der Waals surface area contributed by atoms with Crippen molar-refractivity contribution >= 4 is 6.09 Å². The maximum atomic E-state index is 12.6. The summed E-state index contributed by atoms with van der Waals surface area (Å²) in [5, 5.41) is 2.55. The summed E-state index contributed by atoms with van der Waals surface area (Å²) in [5.74, 6) is 5.39. The molecule has 0 atom stereocenters. The highest BCUT2D eigenvalue weighted by atomic mass is 19.4. The van der Waals surface area contributed by atoms with Crippen molar-refractivity contribution in [2.45, 2.75) is 12.1 Å². The first-order chi connectivity index (χ1) is 14.9. The quantitative estimate of drug-likeness (QED) is 0.560. The van der Waals surface area contributed by atoms with E-state index in [1.54, 1.807) is 0 Å². The Bertz CT molecular complexity index is 1110. The molecule has 31 heavy (non-hydrogen) atoms. The van der Waals surface area contributed by atoms with Crippen LogP contribution in [0, 0.1) is 11.8 Å². The highest BCUT2D eigenvalue weighted by Crippen LogP contribution is 2.44. The first-order valence-corrected chi connectivity index (χ1v) is 9.68. The molecule has 3 aromatic carbocycles. The molecule has 0 aliphatic heterocycles. The van der Waals surface area contributed by atoms with Crippen LogP contribution in [-0.2, 0) is 10.9 Å². The van der Waals surface area contributed by atoms with E-state index in [4.69, 9.17) is 4.74 Å². The number of hydrogen-bond acceptors (Lipinski definition) is 2. The molecule has 0 saturated heterocycles. The average molecular weight is 421 g/mol. The lowest BCUT2D eigenvalue weighted by atomic mass is 9.98. The summed E-state index contributed by atoms with van der Waals surface area (Å²) >= 11 is 0. The van der Waals surface area contributed by atoms with Gasteiger partial charge in [-0.1, -0.05) is 60.4 Å². The minimum absolute atomic E-state index is 0.0255. The van der Waals surface area contributed by atoms with Crippen molar-refractivity contribution < 1.29 is 22.7 Å². The molecule has 1 amide bonds. The van der Waals surface area contributed by atoms with Crippen LogP contribution in [0.5, 0.6) is 0 Å². The molecule has 3 nitrogen and oxygen atoms in total. The lowest BCUT2D eigenvalue weighted by Gasteiger charge is -2.14. The van der Waals surface area contributed by atoms with Crippen LogP contribution in [0.25, 0.3) is 11.1 Å². The average Bonchev–Trinajstić information content (AvgIpc) is 3.09. The van der Waals surface area contributed by atoms with Gasteiger partial charge in [-0.2, -0.15) is 13.2 Å². The molecular formula is C25H18F3NO2. The second-order valence-electron chi connectivity index (χ2n) is 7.06. The fourth-order valence-corrected chi connectivity index (χ4v) is 3.65. The summed E-state index contributed by atoms with van der Waals surface area (Å²) in [7, 11) is 0. The molecule has 0 fully saturated rings. The molecule has 6 heteroatoms. The van der Waals surface area contributed by atoms with Crippen LogP contribution >= 0.6 is 0 Å². The fourth-order valence-electron chi connectivity index (χ4n) is 3.65. The number of fused-ring (bicyclic) bond motifs is 3. The van der Waals surface area contributed by atoms with E-state index >= 15 is 0 Å². The van der Waals surface area contributed by atoms with Crippen molar-refractivity contribution in [1.82, 2.24) is 5.32 Å². The van der Waals surface area contributed by atoms with E-state index in [2.05, 4.69) is 29.3 Å². The van der Waals surface area contributed by atoms with Gasteiger partial charge in [0, 0.05) is 11.5 Å². The minimum Gasteiger partial charge on any atom is -0.449 e. The van der Waals surface area contributed by atoms with Gasteiger partial charge in [-0.15, -0.1) is 0 Å². The van der Waals surface area contributed by atoms with Gasteiger partial charge in [0.25, 0.3) is 0 Å². The first kappa shape index (κ1) is 20.5. The smallest absolute Gasteiger partial charge is 0.416 e. The van der Waals surface area contributed by atoms with Crippen LogP contribution in [0.1, 0.15) is 28.2 Å². The maximum Gasteiger partial charge on any atom is 0.416 e. The Morgan fingerprint density at radius 3 is 2.06 bits per heavy atom. The Morgan fingerprint density at radius 2 is 1.48 bits per heavy atom. The second-order valence-corrected chi connectivity index (χ2v) is 7.06. The molecule has 0 unspecified atom stereocenters. The lowest BCUT2D eigenvalue weighted by Crippen LogP contribution is -2.26. The summed E-state index contributed by atoms with van der Waals surface area (Å²) in [4.78, 5) is 12.1. The molecule has 0 aromatic heterocycles. The Kier molecular flexibility index (Phi) is 5.68. The number of carbonyl (C=O) groups excluding carboxylic acids is 1. The van der Waals surface area contributed by atoms with Crippen molar-refractivity contribution in [2.24, 2.45) is 0 Å². The molecule has 0 bridgehead atoms. The van der Waals surface area contributed by atoms with Gasteiger partial charge in [-0.3, -0.25) is 0 Å². The van der Waals surface area contributed by atoms with Crippen molar-refractivity contribution in [3.05, 3.63) is 95.1 Å². The number of ether oxygens (including phenoxy) is 1. The van der Waals surface area contributed by atoms with E-state index in [0.717, 1.165) is 34.4 Å². The normalized spacial score (nSPS) is 12.4. The monoisotopic (exact) mass is 421 g/mol. The molecule has 1 aliphatic rings. The zero-order chi connectivity index (χ0) is 21.8. The van der Waals surface area contributed by atoms with E-state index in [1.807, 2.05) is 36.4 Å². The van der Waals surface area contributed by atoms with Gasteiger partial charge < -0.3 is 10.1 Å². The Labute approximate surface area is 177 Å². The molecule has 1 N–H and O–H groups in total. The summed E-state index contributed by atoms with van der Waals surface area (Å²) in [6.45, 7) is 0.226. The van der Waals surface area contributed by atoms with E-state index in [9.17, 15) is 18.0 Å². The molecule has 0 heterocycles. The number of benzene rings is 3. The van der Waals surface area contributed by atoms with E-state index in [0.29, 0.717) is 5.56 Å². The van der Waals surface area contributed by atoms with Gasteiger partial charge in [-0.05, 0) is 46.5 Å². The highest BCUT2D eigenvalue weighted by molar-refractivity contribution is 5.79. The number of alkyl carbamates (subject to hydrolysis) is 1. The molecule has 156 valence electrons. The zero-order valence-electron chi connectivity index (χ0n) is 16.4. The van der Waals surface area contributed by atoms with Crippen LogP contribution in [0.15, 0.2) is 72.8 Å². The zero-order valence-corrected chi connectivity index (χ0v) is 16.4. The van der Waals surface area contributed by atoms with E-state index in [-0.39, 0.29) is 19.1 Å². The van der Waals surface area contributed by atoms with Crippen molar-refractivity contribution in [3.8, 4) is 23.0 Å². The second kappa shape index (κ2) is 8.57. The molecule has 0 spiro atoms. The largest absolute Gasteiger partial charge is 0.449 e. The van der Waals surface area contributed by atoms with Gasteiger partial charge in [-0.25, -0.2) is 4.79 Å². The number of nitrogens with one attached hydrogen (secondary N) is 1. The lowest BCUT2D eigenvalue weighted by molar-refractivity contribution is -0.137. The third-order valence-corrected chi connectivity index (χ3v) is 5.11. The Hall–Kier alpha value is -3.72. The predicted octanol–water partition coefficient (Wildman–Crippen LogP) is 5.60. The van der Waals surface area contributed by atoms with Gasteiger partial charge in [0.2, 0.25) is 0 Å².